The molecular formula is C10H15N3O3. The van der Waals surface area contributed by atoms with E-state index in [1.165, 1.54) is 0 Å². The molecule has 0 aliphatic carbocycles. The van der Waals surface area contributed by atoms with Gasteiger partial charge in [0.1, 0.15) is 0 Å². The molecule has 1 aromatic rings. The van der Waals surface area contributed by atoms with E-state index >= 15 is 0 Å². The summed E-state index contributed by atoms with van der Waals surface area (Å²) in [6.07, 6.45) is 3.59. The molecule has 1 fully saturated rings. The first-order chi connectivity index (χ1) is 7.70. The Morgan fingerprint density at radius 3 is 3.00 bits per heavy atom. The van der Waals surface area contributed by atoms with Gasteiger partial charge in [0.25, 0.3) is 0 Å². The number of carboxylic acids is 1. The number of carbonyl (C=O) groups is 1. The number of methoxy groups -OCH3 is 1. The predicted octanol–water partition coefficient (Wildman–Crippen LogP) is -0.161. The van der Waals surface area contributed by atoms with Crippen molar-refractivity contribution in [2.24, 2.45) is 0 Å². The molecule has 0 bridgehead atoms. The third-order valence-electron chi connectivity index (χ3n) is 2.84. The molecule has 1 aliphatic rings. The average molecular weight is 225 g/mol. The summed E-state index contributed by atoms with van der Waals surface area (Å²) < 4.78 is 7.19. The van der Waals surface area contributed by atoms with Gasteiger partial charge in [-0.1, -0.05) is 0 Å². The summed E-state index contributed by atoms with van der Waals surface area (Å²) in [7, 11) is 1.64. The minimum atomic E-state index is -0.809. The van der Waals surface area contributed by atoms with Gasteiger partial charge in [-0.15, -0.1) is 0 Å². The Bertz CT molecular complexity index is 352. The monoisotopic (exact) mass is 225 g/mol. The molecule has 1 N–H and O–H groups in total. The topological polar surface area (TPSA) is 67.6 Å². The third kappa shape index (κ3) is 2.23. The Kier molecular flexibility index (Phi) is 3.21. The quantitative estimate of drug-likeness (QED) is 0.771. The summed E-state index contributed by atoms with van der Waals surface area (Å²) in [5.41, 5.74) is 0. The van der Waals surface area contributed by atoms with Gasteiger partial charge in [-0.2, -0.15) is 5.10 Å². The number of hydrogen-bond acceptors (Lipinski definition) is 4. The third-order valence-corrected chi connectivity index (χ3v) is 2.84. The molecule has 16 heavy (non-hydrogen) atoms. The molecule has 2 heterocycles. The highest BCUT2D eigenvalue weighted by Gasteiger charge is 2.35. The summed E-state index contributed by atoms with van der Waals surface area (Å²) in [5, 5.41) is 12.9. The van der Waals surface area contributed by atoms with Crippen molar-refractivity contribution in [1.29, 1.82) is 0 Å². The highest BCUT2D eigenvalue weighted by Crippen LogP contribution is 2.23. The first-order valence-electron chi connectivity index (χ1n) is 5.17. The molecule has 2 atom stereocenters. The summed E-state index contributed by atoms with van der Waals surface area (Å²) in [4.78, 5) is 12.5. The zero-order valence-electron chi connectivity index (χ0n) is 9.11. The number of aromatic nitrogens is 2. The lowest BCUT2D eigenvalue weighted by Gasteiger charge is -2.16. The van der Waals surface area contributed by atoms with E-state index in [-0.39, 0.29) is 18.7 Å². The normalized spacial score (nSPS) is 26.1. The minimum absolute atomic E-state index is 0.000694. The number of carboxylic acid groups (broad SMARTS) is 1. The van der Waals surface area contributed by atoms with Crippen LogP contribution in [0.1, 0.15) is 6.04 Å². The number of hydrogen-bond donors (Lipinski definition) is 1. The van der Waals surface area contributed by atoms with Gasteiger partial charge in [0.05, 0.1) is 18.7 Å². The predicted molar refractivity (Wildman–Crippen MR) is 56.1 cm³/mol. The summed E-state index contributed by atoms with van der Waals surface area (Å²) in [5.74, 6) is -0.809. The van der Waals surface area contributed by atoms with Crippen molar-refractivity contribution < 1.29 is 14.6 Å². The van der Waals surface area contributed by atoms with Crippen LogP contribution in [-0.2, 0) is 9.53 Å². The Balaban J connectivity index is 2.05. The van der Waals surface area contributed by atoms with Gasteiger partial charge in [-0.3, -0.25) is 14.4 Å². The lowest BCUT2D eigenvalue weighted by molar-refractivity contribution is -0.138. The van der Waals surface area contributed by atoms with Crippen LogP contribution in [0.4, 0.5) is 0 Å². The van der Waals surface area contributed by atoms with E-state index in [0.29, 0.717) is 13.1 Å². The van der Waals surface area contributed by atoms with E-state index in [2.05, 4.69) is 5.10 Å². The maximum Gasteiger partial charge on any atom is 0.317 e. The molecule has 0 unspecified atom stereocenters. The summed E-state index contributed by atoms with van der Waals surface area (Å²) in [6, 6.07) is 1.95. The van der Waals surface area contributed by atoms with Crippen molar-refractivity contribution in [3.63, 3.8) is 0 Å². The summed E-state index contributed by atoms with van der Waals surface area (Å²) in [6.45, 7) is 1.34. The molecule has 2 rings (SSSR count). The maximum absolute atomic E-state index is 10.6. The van der Waals surface area contributed by atoms with E-state index in [9.17, 15) is 4.79 Å². The minimum Gasteiger partial charge on any atom is -0.480 e. The second-order valence-electron chi connectivity index (χ2n) is 3.92. The van der Waals surface area contributed by atoms with E-state index in [1.54, 1.807) is 13.3 Å². The average Bonchev–Trinajstić information content (AvgIpc) is 2.83. The van der Waals surface area contributed by atoms with Crippen LogP contribution in [0.5, 0.6) is 0 Å². The van der Waals surface area contributed by atoms with Crippen molar-refractivity contribution in [3.05, 3.63) is 18.5 Å². The van der Waals surface area contributed by atoms with Crippen molar-refractivity contribution in [1.82, 2.24) is 14.7 Å². The molecule has 0 spiro atoms. The molecule has 88 valence electrons. The van der Waals surface area contributed by atoms with Gasteiger partial charge >= 0.3 is 5.97 Å². The van der Waals surface area contributed by atoms with E-state index in [1.807, 2.05) is 21.8 Å². The number of ether oxygens (including phenoxy) is 1. The first-order valence-corrected chi connectivity index (χ1v) is 5.17. The van der Waals surface area contributed by atoms with Crippen LogP contribution in [0.2, 0.25) is 0 Å². The van der Waals surface area contributed by atoms with Crippen LogP contribution in [0.25, 0.3) is 0 Å². The van der Waals surface area contributed by atoms with Gasteiger partial charge in [-0.05, 0) is 6.07 Å². The molecule has 0 saturated carbocycles. The van der Waals surface area contributed by atoms with Gasteiger partial charge in [0, 0.05) is 32.6 Å². The van der Waals surface area contributed by atoms with E-state index in [0.717, 1.165) is 0 Å². The molecule has 1 aliphatic heterocycles. The maximum atomic E-state index is 10.6. The highest BCUT2D eigenvalue weighted by molar-refractivity contribution is 5.69. The van der Waals surface area contributed by atoms with Crippen molar-refractivity contribution in [2.75, 3.05) is 26.7 Å². The van der Waals surface area contributed by atoms with Crippen LogP contribution in [0.3, 0.4) is 0 Å². The van der Waals surface area contributed by atoms with Crippen LogP contribution in [-0.4, -0.2) is 58.6 Å². The number of likely N-dealkylation sites (tertiary alicyclic amines) is 1. The molecular weight excluding hydrogens is 210 g/mol. The van der Waals surface area contributed by atoms with Gasteiger partial charge in [-0.25, -0.2) is 0 Å². The number of rotatable bonds is 4. The largest absolute Gasteiger partial charge is 0.480 e. The first kappa shape index (κ1) is 11.1. The smallest absolute Gasteiger partial charge is 0.317 e. The molecule has 0 amide bonds. The van der Waals surface area contributed by atoms with Crippen molar-refractivity contribution in [3.8, 4) is 0 Å². The summed E-state index contributed by atoms with van der Waals surface area (Å²) >= 11 is 0. The van der Waals surface area contributed by atoms with Crippen LogP contribution in [0.15, 0.2) is 18.5 Å². The zero-order chi connectivity index (χ0) is 11.5. The number of nitrogens with zero attached hydrogens (tertiary/aromatic N) is 3. The molecule has 1 aromatic heterocycles. The van der Waals surface area contributed by atoms with Gasteiger partial charge < -0.3 is 9.84 Å². The van der Waals surface area contributed by atoms with Crippen molar-refractivity contribution in [2.45, 2.75) is 12.1 Å². The zero-order valence-corrected chi connectivity index (χ0v) is 9.11. The fourth-order valence-corrected chi connectivity index (χ4v) is 2.12. The fourth-order valence-electron chi connectivity index (χ4n) is 2.12. The van der Waals surface area contributed by atoms with Crippen LogP contribution >= 0.6 is 0 Å². The van der Waals surface area contributed by atoms with Gasteiger partial charge in [0.2, 0.25) is 0 Å². The van der Waals surface area contributed by atoms with E-state index < -0.39 is 5.97 Å². The van der Waals surface area contributed by atoms with Crippen molar-refractivity contribution >= 4 is 5.97 Å². The molecule has 0 aromatic carbocycles. The molecule has 0 radical (unpaired) electrons. The van der Waals surface area contributed by atoms with Crippen LogP contribution in [0, 0.1) is 0 Å². The highest BCUT2D eigenvalue weighted by atomic mass is 16.5. The molecule has 6 heteroatoms. The second-order valence-corrected chi connectivity index (χ2v) is 3.92. The molecule has 1 saturated heterocycles. The van der Waals surface area contributed by atoms with Crippen LogP contribution < -0.4 is 0 Å². The lowest BCUT2D eigenvalue weighted by Crippen LogP contribution is -2.28. The standard InChI is InChI=1S/C10H15N3O3/c1-16-9-6-12(7-10(14)15)5-8(9)13-4-2-3-11-13/h2-4,8-9H,5-7H2,1H3,(H,14,15)/t8-,9+/m1/s1. The Morgan fingerprint density at radius 2 is 2.44 bits per heavy atom. The second kappa shape index (κ2) is 4.63. The molecule has 6 nitrogen and oxygen atoms in total. The Morgan fingerprint density at radius 1 is 1.62 bits per heavy atom. The Labute approximate surface area is 93.4 Å². The van der Waals surface area contributed by atoms with Gasteiger partial charge in [0.15, 0.2) is 0 Å². The fraction of sp³-hybridized carbons (Fsp3) is 0.600. The SMILES string of the molecule is CO[C@H]1CN(CC(=O)O)C[C@H]1n1cccn1. The number of aliphatic carboxylic acids is 1. The van der Waals surface area contributed by atoms with E-state index in [4.69, 9.17) is 9.84 Å². The lowest BCUT2D eigenvalue weighted by atomic mass is 10.2. The Hall–Kier alpha value is -1.40.